The molecule has 0 unspecified atom stereocenters. The highest BCUT2D eigenvalue weighted by Gasteiger charge is 2.38. The molecule has 9 aromatic carbocycles. The Bertz CT molecular complexity index is 3280. The summed E-state index contributed by atoms with van der Waals surface area (Å²) in [4.78, 5) is 4.80. The summed E-state index contributed by atoms with van der Waals surface area (Å²) in [6.07, 6.45) is 4.58. The Balaban J connectivity index is 0.899. The zero-order valence-electron chi connectivity index (χ0n) is 39.1. The van der Waals surface area contributed by atoms with Crippen LogP contribution in [0.15, 0.2) is 200 Å². The molecule has 0 fully saturated rings. The van der Waals surface area contributed by atoms with E-state index in [1.807, 2.05) is 0 Å². The third-order valence-corrected chi connectivity index (χ3v) is 14.4. The molecule has 2 aliphatic carbocycles. The van der Waals surface area contributed by atoms with E-state index in [-0.39, 0.29) is 16.2 Å². The highest BCUT2D eigenvalue weighted by molar-refractivity contribution is 5.99. The Hall–Kier alpha value is -7.42. The molecule has 0 N–H and O–H groups in total. The van der Waals surface area contributed by atoms with Crippen LogP contribution < -0.4 is 9.80 Å². The number of nitrogens with zero attached hydrogens (tertiary/aromatic N) is 2. The Labute approximate surface area is 391 Å². The summed E-state index contributed by atoms with van der Waals surface area (Å²) >= 11 is 0. The van der Waals surface area contributed by atoms with E-state index in [9.17, 15) is 0 Å². The molecule has 322 valence electrons. The molecule has 9 aromatic rings. The second-order valence-electron chi connectivity index (χ2n) is 20.3. The van der Waals surface area contributed by atoms with Gasteiger partial charge in [0.25, 0.3) is 0 Å². The number of hydrogen-bond donors (Lipinski definition) is 0. The highest BCUT2D eigenvalue weighted by atomic mass is 15.1. The van der Waals surface area contributed by atoms with Gasteiger partial charge in [-0.25, -0.2) is 0 Å². The molecule has 11 rings (SSSR count). The van der Waals surface area contributed by atoms with Crippen LogP contribution in [0.4, 0.5) is 34.1 Å². The van der Waals surface area contributed by atoms with Gasteiger partial charge in [0, 0.05) is 44.7 Å². The molecule has 0 aromatic heterocycles. The van der Waals surface area contributed by atoms with Crippen LogP contribution in [0.25, 0.3) is 45.2 Å². The maximum absolute atomic E-state index is 2.45. The van der Waals surface area contributed by atoms with Crippen molar-refractivity contribution in [3.63, 3.8) is 0 Å². The largest absolute Gasteiger partial charge is 0.310 e. The van der Waals surface area contributed by atoms with Crippen LogP contribution in [0, 0.1) is 0 Å². The van der Waals surface area contributed by atoms with Gasteiger partial charge in [-0.1, -0.05) is 194 Å². The monoisotopic (exact) mass is 852 g/mol. The van der Waals surface area contributed by atoms with Crippen molar-refractivity contribution in [1.82, 2.24) is 0 Å². The predicted molar refractivity (Wildman–Crippen MR) is 283 cm³/mol. The maximum Gasteiger partial charge on any atom is 0.0540 e. The molecule has 0 saturated carbocycles. The summed E-state index contributed by atoms with van der Waals surface area (Å²) in [5.41, 5.74) is 21.1. The summed E-state index contributed by atoms with van der Waals surface area (Å²) in [6.45, 7) is 16.4. The van der Waals surface area contributed by atoms with Gasteiger partial charge in [0.15, 0.2) is 0 Å². The summed E-state index contributed by atoms with van der Waals surface area (Å²) in [6, 6.07) is 74.1. The van der Waals surface area contributed by atoms with Crippen LogP contribution in [-0.2, 0) is 16.2 Å². The standard InChI is InChI=1S/C64H56N2/c1-62(2,3)46-29-31-49(32-30-46)66(61-24-16-18-45-17-14-15-23-52(45)61)51-34-38-56-54-36-28-44(40-58(54)64(6,7)60(56)42-51)26-25-43-27-35-53-55-37-33-50(41-59(55)63(4,5)57(53)39-43)65(47-19-10-8-11-20-47)48-21-12-9-13-22-48/h8-42H,1-7H3/b26-25+. The van der Waals surface area contributed by atoms with Gasteiger partial charge >= 0.3 is 0 Å². The average molecular weight is 853 g/mol. The van der Waals surface area contributed by atoms with Gasteiger partial charge in [-0.3, -0.25) is 0 Å². The van der Waals surface area contributed by atoms with Crippen molar-refractivity contribution in [3.05, 3.63) is 239 Å². The molecule has 0 aliphatic heterocycles. The predicted octanol–water partition coefficient (Wildman–Crippen LogP) is 17.9. The van der Waals surface area contributed by atoms with Crippen molar-refractivity contribution in [3.8, 4) is 22.3 Å². The quantitative estimate of drug-likeness (QED) is 0.141. The smallest absolute Gasteiger partial charge is 0.0540 e. The lowest BCUT2D eigenvalue weighted by Gasteiger charge is -2.30. The SMILES string of the molecule is CC(C)(C)c1ccc(N(c2ccc3c(c2)C(C)(C)c2cc(/C=C/c4ccc5c(c4)C(C)(C)c4cc(N(c6ccccc6)c6ccccc6)ccc4-5)ccc2-3)c2cccc3ccccc23)cc1. The molecule has 0 spiro atoms. The van der Waals surface area contributed by atoms with Crippen LogP contribution in [0.3, 0.4) is 0 Å². The van der Waals surface area contributed by atoms with E-state index in [4.69, 9.17) is 0 Å². The number of rotatable bonds is 8. The van der Waals surface area contributed by atoms with Crippen molar-refractivity contribution in [2.45, 2.75) is 64.7 Å². The van der Waals surface area contributed by atoms with Gasteiger partial charge in [0.2, 0.25) is 0 Å². The molecule has 0 bridgehead atoms. The van der Waals surface area contributed by atoms with Gasteiger partial charge in [-0.2, -0.15) is 0 Å². The van der Waals surface area contributed by atoms with E-state index in [1.54, 1.807) is 0 Å². The summed E-state index contributed by atoms with van der Waals surface area (Å²) in [5, 5.41) is 2.47. The van der Waals surface area contributed by atoms with E-state index in [0.717, 1.165) is 28.4 Å². The minimum Gasteiger partial charge on any atom is -0.310 e. The zero-order chi connectivity index (χ0) is 45.4. The van der Waals surface area contributed by atoms with Crippen LogP contribution in [0.5, 0.6) is 0 Å². The molecule has 0 radical (unpaired) electrons. The maximum atomic E-state index is 2.45. The lowest BCUT2D eigenvalue weighted by atomic mass is 9.81. The van der Waals surface area contributed by atoms with Crippen molar-refractivity contribution < 1.29 is 0 Å². The molecular weight excluding hydrogens is 797 g/mol. The first-order valence-corrected chi connectivity index (χ1v) is 23.4. The molecule has 0 amide bonds. The van der Waals surface area contributed by atoms with Crippen LogP contribution in [-0.4, -0.2) is 0 Å². The van der Waals surface area contributed by atoms with Gasteiger partial charge in [0.05, 0.1) is 5.69 Å². The third-order valence-electron chi connectivity index (χ3n) is 14.4. The van der Waals surface area contributed by atoms with Crippen molar-refractivity contribution in [2.75, 3.05) is 9.80 Å². The molecule has 0 heterocycles. The van der Waals surface area contributed by atoms with Gasteiger partial charge < -0.3 is 9.80 Å². The topological polar surface area (TPSA) is 6.48 Å². The van der Waals surface area contributed by atoms with Crippen LogP contribution >= 0.6 is 0 Å². The van der Waals surface area contributed by atoms with Crippen molar-refractivity contribution in [1.29, 1.82) is 0 Å². The lowest BCUT2D eigenvalue weighted by Crippen LogP contribution is -2.17. The second kappa shape index (κ2) is 15.6. The number of benzene rings is 9. The first-order valence-electron chi connectivity index (χ1n) is 23.4. The van der Waals surface area contributed by atoms with Crippen molar-refractivity contribution >= 4 is 57.0 Å². The molecular formula is C64H56N2. The van der Waals surface area contributed by atoms with E-state index in [0.29, 0.717) is 0 Å². The van der Waals surface area contributed by atoms with Crippen LogP contribution in [0.1, 0.15) is 87.4 Å². The number of anilines is 6. The molecule has 2 heteroatoms. The fourth-order valence-corrected chi connectivity index (χ4v) is 10.7. The normalized spacial score (nSPS) is 14.2. The zero-order valence-corrected chi connectivity index (χ0v) is 39.1. The molecule has 0 saturated heterocycles. The van der Waals surface area contributed by atoms with E-state index >= 15 is 0 Å². The van der Waals surface area contributed by atoms with E-state index in [1.165, 1.54) is 77.7 Å². The molecule has 2 nitrogen and oxygen atoms in total. The molecule has 2 aliphatic rings. The lowest BCUT2D eigenvalue weighted by molar-refractivity contribution is 0.590. The molecule has 0 atom stereocenters. The fourth-order valence-electron chi connectivity index (χ4n) is 10.7. The van der Waals surface area contributed by atoms with Crippen molar-refractivity contribution in [2.24, 2.45) is 0 Å². The Kier molecular flexibility index (Phi) is 9.78. The Morgan fingerprint density at radius 3 is 1.29 bits per heavy atom. The number of hydrogen-bond acceptors (Lipinski definition) is 2. The van der Waals surface area contributed by atoms with Gasteiger partial charge in [0.1, 0.15) is 0 Å². The Morgan fingerprint density at radius 2 is 0.773 bits per heavy atom. The minimum atomic E-state index is -0.191. The summed E-state index contributed by atoms with van der Waals surface area (Å²) < 4.78 is 0. The van der Waals surface area contributed by atoms with E-state index in [2.05, 4.69) is 271 Å². The second-order valence-corrected chi connectivity index (χ2v) is 20.3. The Morgan fingerprint density at radius 1 is 0.364 bits per heavy atom. The third kappa shape index (κ3) is 6.95. The first-order chi connectivity index (χ1) is 31.9. The van der Waals surface area contributed by atoms with E-state index < -0.39 is 0 Å². The minimum absolute atomic E-state index is 0.0747. The van der Waals surface area contributed by atoms with Crippen LogP contribution in [0.2, 0.25) is 0 Å². The van der Waals surface area contributed by atoms with Gasteiger partial charge in [-0.15, -0.1) is 0 Å². The molecule has 66 heavy (non-hydrogen) atoms. The summed E-state index contributed by atoms with van der Waals surface area (Å²) in [5.74, 6) is 0. The summed E-state index contributed by atoms with van der Waals surface area (Å²) in [7, 11) is 0. The van der Waals surface area contributed by atoms with Gasteiger partial charge in [-0.05, 0) is 139 Å². The first kappa shape index (κ1) is 41.3. The highest BCUT2D eigenvalue weighted by Crippen LogP contribution is 2.53. The number of para-hydroxylation sites is 2. The average Bonchev–Trinajstić information content (AvgIpc) is 3.69. The number of fused-ring (bicyclic) bond motifs is 7. The fraction of sp³-hybridized carbons (Fsp3) is 0.156.